The smallest absolute Gasteiger partial charge is 0.164 e. The Hall–Kier alpha value is -2.29. The third-order valence-corrected chi connectivity index (χ3v) is 7.25. The molecule has 0 atom stereocenters. The number of aryl methyl sites for hydroxylation is 1. The van der Waals surface area contributed by atoms with Crippen molar-refractivity contribution in [2.75, 3.05) is 0 Å². The van der Waals surface area contributed by atoms with Crippen LogP contribution in [0.2, 0.25) is 0 Å². The molecule has 209 valence electrons. The van der Waals surface area contributed by atoms with Gasteiger partial charge in [-0.2, -0.15) is 0 Å². The van der Waals surface area contributed by atoms with Crippen LogP contribution in [0.1, 0.15) is 93.2 Å². The van der Waals surface area contributed by atoms with Gasteiger partial charge in [-0.15, -0.1) is 34.9 Å². The van der Waals surface area contributed by atoms with Crippen LogP contribution in [0.15, 0.2) is 60.5 Å². The predicted octanol–water partition coefficient (Wildman–Crippen LogP) is 9.43. The third-order valence-electron chi connectivity index (χ3n) is 7.25. The monoisotopic (exact) mass is 693 g/mol. The summed E-state index contributed by atoms with van der Waals surface area (Å²) in [6.45, 7) is 20.2. The van der Waals surface area contributed by atoms with E-state index in [9.17, 15) is 9.90 Å². The number of nitrogens with zero attached hydrogens (tertiary/aromatic N) is 1. The topological polar surface area (TPSA) is 50.2 Å². The van der Waals surface area contributed by atoms with Crippen LogP contribution in [0.5, 0.6) is 0 Å². The SMILES string of the molecule is CC(C)(C)C(=O)/C=C(\O)C(C)(C)C.CCc1[c-]c(-c2cc3ccccc3cn2)cc(C(C)(CC)CC)c1.[Ir]. The van der Waals surface area contributed by atoms with Crippen molar-refractivity contribution >= 4 is 16.6 Å². The fourth-order valence-corrected chi connectivity index (χ4v) is 3.75. The normalized spacial score (nSPS) is 12.4. The van der Waals surface area contributed by atoms with Gasteiger partial charge in [0.25, 0.3) is 0 Å². The van der Waals surface area contributed by atoms with E-state index >= 15 is 0 Å². The van der Waals surface area contributed by atoms with Gasteiger partial charge in [0, 0.05) is 43.2 Å². The summed E-state index contributed by atoms with van der Waals surface area (Å²) in [5.41, 5.74) is 4.26. The van der Waals surface area contributed by atoms with Gasteiger partial charge >= 0.3 is 0 Å². The van der Waals surface area contributed by atoms with Crippen LogP contribution in [-0.4, -0.2) is 15.9 Å². The number of allylic oxidation sites excluding steroid dienone is 2. The molecule has 3 aromatic rings. The second-order valence-electron chi connectivity index (χ2n) is 12.2. The van der Waals surface area contributed by atoms with Crippen LogP contribution in [-0.2, 0) is 36.7 Å². The molecule has 0 aliphatic carbocycles. The van der Waals surface area contributed by atoms with Gasteiger partial charge in [0.2, 0.25) is 0 Å². The maximum absolute atomic E-state index is 11.5. The van der Waals surface area contributed by atoms with Crippen LogP contribution >= 0.6 is 0 Å². The van der Waals surface area contributed by atoms with Crippen molar-refractivity contribution in [1.82, 2.24) is 4.98 Å². The van der Waals surface area contributed by atoms with Crippen LogP contribution in [0.3, 0.4) is 0 Å². The number of benzene rings is 2. The number of aliphatic hydroxyl groups is 1. The Morgan fingerprint density at radius 3 is 1.97 bits per heavy atom. The first kappa shape index (κ1) is 33.7. The van der Waals surface area contributed by atoms with E-state index in [2.05, 4.69) is 76.2 Å². The zero-order chi connectivity index (χ0) is 28.0. The van der Waals surface area contributed by atoms with Crippen molar-refractivity contribution < 1.29 is 30.0 Å². The van der Waals surface area contributed by atoms with Crippen molar-refractivity contribution in [2.24, 2.45) is 10.8 Å². The number of hydrogen-bond donors (Lipinski definition) is 1. The molecule has 1 heterocycles. The van der Waals surface area contributed by atoms with Gasteiger partial charge in [-0.1, -0.05) is 99.6 Å². The maximum Gasteiger partial charge on any atom is 0.164 e. The number of fused-ring (bicyclic) bond motifs is 1. The number of rotatable bonds is 6. The molecule has 0 spiro atoms. The number of aromatic nitrogens is 1. The molecule has 0 aliphatic heterocycles. The average Bonchev–Trinajstić information content (AvgIpc) is 2.86. The maximum atomic E-state index is 11.5. The molecule has 0 aliphatic rings. The molecule has 1 radical (unpaired) electrons. The summed E-state index contributed by atoms with van der Waals surface area (Å²) >= 11 is 0. The molecule has 0 saturated carbocycles. The number of carbonyl (C=O) groups is 1. The summed E-state index contributed by atoms with van der Waals surface area (Å²) < 4.78 is 0. The predicted molar refractivity (Wildman–Crippen MR) is 158 cm³/mol. The molecular formula is C34H46IrNO2-. The first-order valence-corrected chi connectivity index (χ1v) is 13.5. The first-order valence-electron chi connectivity index (χ1n) is 13.5. The van der Waals surface area contributed by atoms with E-state index in [4.69, 9.17) is 4.98 Å². The Bertz CT molecular complexity index is 1240. The molecule has 0 unspecified atom stereocenters. The molecule has 0 saturated heterocycles. The van der Waals surface area contributed by atoms with E-state index < -0.39 is 5.41 Å². The van der Waals surface area contributed by atoms with Gasteiger partial charge < -0.3 is 10.1 Å². The number of carbonyl (C=O) groups excluding carboxylic acids is 1. The fourth-order valence-electron chi connectivity index (χ4n) is 3.75. The van der Waals surface area contributed by atoms with Gasteiger partial charge in [0.1, 0.15) is 5.76 Å². The summed E-state index contributed by atoms with van der Waals surface area (Å²) in [5.74, 6) is 0.104. The summed E-state index contributed by atoms with van der Waals surface area (Å²) in [6.07, 6.45) is 6.58. The molecule has 2 aromatic carbocycles. The minimum absolute atomic E-state index is 0. The molecule has 0 amide bonds. The van der Waals surface area contributed by atoms with E-state index in [-0.39, 0.29) is 42.5 Å². The van der Waals surface area contributed by atoms with Crippen LogP contribution in [0, 0.1) is 16.9 Å². The number of ketones is 1. The van der Waals surface area contributed by atoms with Gasteiger partial charge in [0.15, 0.2) is 5.78 Å². The Labute approximate surface area is 244 Å². The van der Waals surface area contributed by atoms with Gasteiger partial charge in [-0.05, 0) is 41.1 Å². The number of pyridine rings is 1. The quantitative estimate of drug-likeness (QED) is 0.159. The van der Waals surface area contributed by atoms with E-state index in [1.807, 2.05) is 47.7 Å². The van der Waals surface area contributed by atoms with Crippen LogP contribution < -0.4 is 0 Å². The zero-order valence-electron chi connectivity index (χ0n) is 25.0. The standard InChI is InChI=1S/C23H26N.C11H20O2.Ir/c1-5-17-12-20(14-21(13-17)23(4,6-2)7-3)22-15-18-10-8-9-11-19(18)16-24-22;1-10(2,3)8(12)7-9(13)11(4,5)6;/h8-11,13-16H,5-7H2,1-4H3;7,12H,1-6H3;/q-1;;/b;8-7-;. The van der Waals surface area contributed by atoms with Crippen LogP contribution in [0.25, 0.3) is 22.0 Å². The van der Waals surface area contributed by atoms with Crippen molar-refractivity contribution in [2.45, 2.75) is 93.9 Å². The molecule has 0 bridgehead atoms. The summed E-state index contributed by atoms with van der Waals surface area (Å²) in [7, 11) is 0. The largest absolute Gasteiger partial charge is 0.512 e. The van der Waals surface area contributed by atoms with E-state index in [1.165, 1.54) is 28.0 Å². The van der Waals surface area contributed by atoms with Crippen molar-refractivity contribution in [3.63, 3.8) is 0 Å². The minimum Gasteiger partial charge on any atom is -0.512 e. The van der Waals surface area contributed by atoms with Crippen molar-refractivity contribution in [3.05, 3.63) is 77.7 Å². The minimum atomic E-state index is -0.417. The summed E-state index contributed by atoms with van der Waals surface area (Å²) in [4.78, 5) is 16.2. The molecule has 1 aromatic heterocycles. The number of aliphatic hydroxyl groups excluding tert-OH is 1. The Morgan fingerprint density at radius 2 is 1.47 bits per heavy atom. The fraction of sp³-hybridized carbons (Fsp3) is 0.471. The number of hydrogen-bond acceptors (Lipinski definition) is 3. The average molecular weight is 693 g/mol. The van der Waals surface area contributed by atoms with Gasteiger partial charge in [0.05, 0.1) is 0 Å². The molecule has 38 heavy (non-hydrogen) atoms. The molecular weight excluding hydrogens is 647 g/mol. The van der Waals surface area contributed by atoms with Crippen LogP contribution in [0.4, 0.5) is 0 Å². The first-order chi connectivity index (χ1) is 17.1. The summed E-state index contributed by atoms with van der Waals surface area (Å²) in [6, 6.07) is 18.8. The molecule has 1 N–H and O–H groups in total. The van der Waals surface area contributed by atoms with Gasteiger partial charge in [-0.3, -0.25) is 4.79 Å². The second-order valence-corrected chi connectivity index (χ2v) is 12.2. The zero-order valence-corrected chi connectivity index (χ0v) is 27.3. The molecule has 3 rings (SSSR count). The second kappa shape index (κ2) is 13.7. The molecule has 4 heteroatoms. The third kappa shape index (κ3) is 8.89. The summed E-state index contributed by atoms with van der Waals surface area (Å²) in [5, 5.41) is 12.0. The van der Waals surface area contributed by atoms with E-state index in [0.29, 0.717) is 0 Å². The Balaban J connectivity index is 0.000000444. The van der Waals surface area contributed by atoms with Crippen molar-refractivity contribution in [1.29, 1.82) is 0 Å². The molecule has 3 nitrogen and oxygen atoms in total. The van der Waals surface area contributed by atoms with E-state index in [1.54, 1.807) is 0 Å². The Morgan fingerprint density at radius 1 is 0.895 bits per heavy atom. The van der Waals surface area contributed by atoms with Crippen molar-refractivity contribution in [3.8, 4) is 11.3 Å². The van der Waals surface area contributed by atoms with E-state index in [0.717, 1.165) is 30.5 Å². The Kier molecular flexibility index (Phi) is 12.1. The molecule has 0 fully saturated rings. The van der Waals surface area contributed by atoms with Gasteiger partial charge in [-0.25, -0.2) is 0 Å².